The Bertz CT molecular complexity index is 389. The van der Waals surface area contributed by atoms with E-state index in [1.165, 1.54) is 31.7 Å². The topological polar surface area (TPSA) is 38.0 Å². The van der Waals surface area contributed by atoms with Gasteiger partial charge in [0.25, 0.3) is 0 Å². The second-order valence-corrected chi connectivity index (χ2v) is 5.12. The second kappa shape index (κ2) is 6.25. The van der Waals surface area contributed by atoms with Crippen molar-refractivity contribution >= 4 is 0 Å². The molecular weight excluding hydrogens is 234 g/mol. The van der Waals surface area contributed by atoms with E-state index in [4.69, 9.17) is 5.84 Å². The van der Waals surface area contributed by atoms with E-state index >= 15 is 0 Å². The molecule has 1 fully saturated rings. The molecule has 1 aromatic carbocycles. The van der Waals surface area contributed by atoms with Gasteiger partial charge in [-0.25, -0.2) is 8.78 Å². The van der Waals surface area contributed by atoms with Gasteiger partial charge in [0.1, 0.15) is 0 Å². The summed E-state index contributed by atoms with van der Waals surface area (Å²) in [7, 11) is 0. The lowest BCUT2D eigenvalue weighted by atomic mass is 9.95. The summed E-state index contributed by atoms with van der Waals surface area (Å²) in [4.78, 5) is 0. The summed E-state index contributed by atoms with van der Waals surface area (Å²) < 4.78 is 26.0. The van der Waals surface area contributed by atoms with E-state index in [0.29, 0.717) is 0 Å². The largest absolute Gasteiger partial charge is 0.271 e. The van der Waals surface area contributed by atoms with Gasteiger partial charge < -0.3 is 0 Å². The van der Waals surface area contributed by atoms with Crippen molar-refractivity contribution in [2.45, 2.75) is 44.6 Å². The fourth-order valence-electron chi connectivity index (χ4n) is 2.78. The summed E-state index contributed by atoms with van der Waals surface area (Å²) >= 11 is 0. The Labute approximate surface area is 107 Å². The highest BCUT2D eigenvalue weighted by Gasteiger charge is 2.18. The first-order valence-corrected chi connectivity index (χ1v) is 6.62. The van der Waals surface area contributed by atoms with Gasteiger partial charge in [-0.3, -0.25) is 11.3 Å². The minimum absolute atomic E-state index is 0.0966. The normalized spacial score (nSPS) is 18.2. The Hall–Kier alpha value is -1.00. The van der Waals surface area contributed by atoms with E-state index in [9.17, 15) is 8.78 Å². The Balaban J connectivity index is 1.96. The molecule has 4 heteroatoms. The van der Waals surface area contributed by atoms with Crippen LogP contribution in [0, 0.1) is 17.6 Å². The number of nitrogens with one attached hydrogen (secondary N) is 1. The lowest BCUT2D eigenvalue weighted by Gasteiger charge is -2.18. The molecule has 0 bridgehead atoms. The quantitative estimate of drug-likeness (QED) is 0.624. The second-order valence-electron chi connectivity index (χ2n) is 5.12. The molecule has 2 rings (SSSR count). The number of benzene rings is 1. The van der Waals surface area contributed by atoms with Crippen LogP contribution in [0.15, 0.2) is 18.2 Å². The van der Waals surface area contributed by atoms with Crippen molar-refractivity contribution in [2.24, 2.45) is 11.8 Å². The minimum Gasteiger partial charge on any atom is -0.271 e. The average Bonchev–Trinajstić information content (AvgIpc) is 2.87. The van der Waals surface area contributed by atoms with Crippen LogP contribution >= 0.6 is 0 Å². The van der Waals surface area contributed by atoms with Crippen LogP contribution in [0.4, 0.5) is 8.78 Å². The molecular formula is C14H20F2N2. The maximum absolute atomic E-state index is 13.2. The summed E-state index contributed by atoms with van der Waals surface area (Å²) in [6.07, 6.45) is 7.16. The third-order valence-corrected chi connectivity index (χ3v) is 3.89. The van der Waals surface area contributed by atoms with Crippen LogP contribution in [0.3, 0.4) is 0 Å². The maximum atomic E-state index is 13.2. The van der Waals surface area contributed by atoms with Gasteiger partial charge in [0.2, 0.25) is 0 Å². The molecule has 0 heterocycles. The SMILES string of the molecule is NNC(CCC1CCCC1)c1ccc(F)c(F)c1. The van der Waals surface area contributed by atoms with Crippen LogP contribution < -0.4 is 11.3 Å². The van der Waals surface area contributed by atoms with Gasteiger partial charge in [0.05, 0.1) is 0 Å². The monoisotopic (exact) mass is 254 g/mol. The summed E-state index contributed by atoms with van der Waals surface area (Å²) in [5.74, 6) is 4.66. The molecule has 1 saturated carbocycles. The third-order valence-electron chi connectivity index (χ3n) is 3.89. The fourth-order valence-corrected chi connectivity index (χ4v) is 2.78. The first kappa shape index (κ1) is 13.4. The van der Waals surface area contributed by atoms with Gasteiger partial charge >= 0.3 is 0 Å². The standard InChI is InChI=1S/C14H20F2N2/c15-12-7-6-11(9-13(12)16)14(18-17)8-5-10-3-1-2-4-10/h6-7,9-10,14,18H,1-5,8,17H2. The Morgan fingerprint density at radius 1 is 1.22 bits per heavy atom. The van der Waals surface area contributed by atoms with Crippen molar-refractivity contribution in [1.29, 1.82) is 0 Å². The van der Waals surface area contributed by atoms with Crippen molar-refractivity contribution in [1.82, 2.24) is 5.43 Å². The number of hydrogen-bond donors (Lipinski definition) is 2. The smallest absolute Gasteiger partial charge is 0.159 e. The van der Waals surface area contributed by atoms with Gasteiger partial charge in [-0.1, -0.05) is 31.7 Å². The zero-order valence-electron chi connectivity index (χ0n) is 10.5. The van der Waals surface area contributed by atoms with Crippen LogP contribution in [0.5, 0.6) is 0 Å². The Morgan fingerprint density at radius 3 is 2.56 bits per heavy atom. The van der Waals surface area contributed by atoms with Crippen molar-refractivity contribution in [2.75, 3.05) is 0 Å². The van der Waals surface area contributed by atoms with Crippen LogP contribution in [0.1, 0.15) is 50.1 Å². The highest BCUT2D eigenvalue weighted by atomic mass is 19.2. The maximum Gasteiger partial charge on any atom is 0.159 e. The average molecular weight is 254 g/mol. The highest BCUT2D eigenvalue weighted by molar-refractivity contribution is 5.21. The molecule has 0 saturated heterocycles. The van der Waals surface area contributed by atoms with Gasteiger partial charge in [-0.2, -0.15) is 0 Å². The first-order valence-electron chi connectivity index (χ1n) is 6.62. The molecule has 1 atom stereocenters. The lowest BCUT2D eigenvalue weighted by molar-refractivity contribution is 0.414. The fraction of sp³-hybridized carbons (Fsp3) is 0.571. The molecule has 0 spiro atoms. The van der Waals surface area contributed by atoms with E-state index in [2.05, 4.69) is 5.43 Å². The van der Waals surface area contributed by atoms with Gasteiger partial charge in [0.15, 0.2) is 11.6 Å². The molecule has 0 aliphatic heterocycles. The number of nitrogens with two attached hydrogens (primary N) is 1. The molecule has 3 N–H and O–H groups in total. The van der Waals surface area contributed by atoms with Crippen LogP contribution in [-0.4, -0.2) is 0 Å². The van der Waals surface area contributed by atoms with Crippen molar-refractivity contribution < 1.29 is 8.78 Å². The molecule has 1 aromatic rings. The minimum atomic E-state index is -0.815. The number of hydrazine groups is 1. The Morgan fingerprint density at radius 2 is 1.94 bits per heavy atom. The van der Waals surface area contributed by atoms with E-state index in [0.717, 1.165) is 30.4 Å². The van der Waals surface area contributed by atoms with E-state index < -0.39 is 11.6 Å². The van der Waals surface area contributed by atoms with Gasteiger partial charge in [-0.15, -0.1) is 0 Å². The predicted molar refractivity (Wildman–Crippen MR) is 67.6 cm³/mol. The first-order chi connectivity index (χ1) is 8.70. The molecule has 1 aliphatic carbocycles. The zero-order valence-corrected chi connectivity index (χ0v) is 10.5. The van der Waals surface area contributed by atoms with Crippen LogP contribution in [0.2, 0.25) is 0 Å². The predicted octanol–water partition coefficient (Wildman–Crippen LogP) is 3.44. The molecule has 100 valence electrons. The molecule has 1 aliphatic rings. The number of rotatable bonds is 5. The van der Waals surface area contributed by atoms with Gasteiger partial charge in [0, 0.05) is 6.04 Å². The molecule has 0 aromatic heterocycles. The van der Waals surface area contributed by atoms with Gasteiger partial charge in [-0.05, 0) is 36.5 Å². The highest BCUT2D eigenvalue weighted by Crippen LogP contribution is 2.31. The molecule has 18 heavy (non-hydrogen) atoms. The van der Waals surface area contributed by atoms with E-state index in [1.54, 1.807) is 6.07 Å². The third kappa shape index (κ3) is 3.27. The summed E-state index contributed by atoms with van der Waals surface area (Å²) in [6.45, 7) is 0. The summed E-state index contributed by atoms with van der Waals surface area (Å²) in [6, 6.07) is 3.89. The summed E-state index contributed by atoms with van der Waals surface area (Å²) in [5, 5.41) is 0. The zero-order chi connectivity index (χ0) is 13.0. The van der Waals surface area contributed by atoms with Crippen LogP contribution in [-0.2, 0) is 0 Å². The van der Waals surface area contributed by atoms with Crippen molar-refractivity contribution in [3.8, 4) is 0 Å². The number of halogens is 2. The molecule has 1 unspecified atom stereocenters. The Kier molecular flexibility index (Phi) is 4.66. The summed E-state index contributed by atoms with van der Waals surface area (Å²) in [5.41, 5.74) is 3.42. The lowest BCUT2D eigenvalue weighted by Crippen LogP contribution is -2.28. The number of hydrogen-bond acceptors (Lipinski definition) is 2. The molecule has 2 nitrogen and oxygen atoms in total. The van der Waals surface area contributed by atoms with Crippen molar-refractivity contribution in [3.05, 3.63) is 35.4 Å². The molecule has 0 amide bonds. The van der Waals surface area contributed by atoms with Crippen molar-refractivity contribution in [3.63, 3.8) is 0 Å². The van der Waals surface area contributed by atoms with E-state index in [1.807, 2.05) is 0 Å². The van der Waals surface area contributed by atoms with E-state index in [-0.39, 0.29) is 6.04 Å². The molecule has 0 radical (unpaired) electrons. The van der Waals surface area contributed by atoms with Crippen LogP contribution in [0.25, 0.3) is 0 Å².